The molecule has 0 unspecified atom stereocenters. The number of aromatic nitrogens is 1. The van der Waals surface area contributed by atoms with E-state index in [2.05, 4.69) is 4.98 Å². The molecule has 0 amide bonds. The molecular formula is C27H24FNO5. The molecule has 2 heterocycles. The van der Waals surface area contributed by atoms with Crippen LogP contribution >= 0.6 is 0 Å². The van der Waals surface area contributed by atoms with Crippen LogP contribution in [0.1, 0.15) is 34.3 Å². The lowest BCUT2D eigenvalue weighted by Gasteiger charge is -2.40. The van der Waals surface area contributed by atoms with Crippen molar-refractivity contribution >= 4 is 11.8 Å². The number of halogens is 1. The van der Waals surface area contributed by atoms with Crippen LogP contribution in [0.3, 0.4) is 0 Å². The van der Waals surface area contributed by atoms with Crippen molar-refractivity contribution in [2.24, 2.45) is 0 Å². The van der Waals surface area contributed by atoms with E-state index < -0.39 is 11.4 Å². The summed E-state index contributed by atoms with van der Waals surface area (Å²) >= 11 is 0. The number of pyridine rings is 1. The number of Topliss-reactive ketones (excluding diaryl/α,β-unsaturated/α-hetero) is 1. The highest BCUT2D eigenvalue weighted by atomic mass is 19.1. The van der Waals surface area contributed by atoms with Crippen molar-refractivity contribution in [3.8, 4) is 17.0 Å². The first-order valence-corrected chi connectivity index (χ1v) is 11.2. The number of rotatable bonds is 8. The van der Waals surface area contributed by atoms with Crippen LogP contribution in [-0.4, -0.2) is 43.2 Å². The summed E-state index contributed by atoms with van der Waals surface area (Å²) in [6.07, 6.45) is 3.95. The summed E-state index contributed by atoms with van der Waals surface area (Å²) in [7, 11) is 1.34. The Morgan fingerprint density at radius 3 is 2.38 bits per heavy atom. The van der Waals surface area contributed by atoms with Gasteiger partial charge in [0.2, 0.25) is 5.88 Å². The molecule has 0 radical (unpaired) electrons. The Morgan fingerprint density at radius 1 is 1.09 bits per heavy atom. The molecule has 0 N–H and O–H groups in total. The molecular weight excluding hydrogens is 437 g/mol. The molecule has 174 valence electrons. The van der Waals surface area contributed by atoms with Crippen LogP contribution in [0.5, 0.6) is 5.88 Å². The highest BCUT2D eigenvalue weighted by molar-refractivity contribution is 5.97. The van der Waals surface area contributed by atoms with Crippen molar-refractivity contribution in [1.82, 2.24) is 4.98 Å². The van der Waals surface area contributed by atoms with Gasteiger partial charge in [0.15, 0.2) is 5.78 Å². The van der Waals surface area contributed by atoms with Gasteiger partial charge in [0.25, 0.3) is 0 Å². The van der Waals surface area contributed by atoms with Crippen LogP contribution in [0.15, 0.2) is 60.8 Å². The molecule has 0 atom stereocenters. The van der Waals surface area contributed by atoms with Gasteiger partial charge in [-0.2, -0.15) is 0 Å². The smallest absolute Gasteiger partial charge is 0.338 e. The highest BCUT2D eigenvalue weighted by Gasteiger charge is 2.46. The Bertz CT molecular complexity index is 1210. The van der Waals surface area contributed by atoms with Gasteiger partial charge in [0.05, 0.1) is 25.9 Å². The zero-order valence-corrected chi connectivity index (χ0v) is 18.8. The maximum absolute atomic E-state index is 13.2. The van der Waals surface area contributed by atoms with E-state index in [1.807, 2.05) is 24.3 Å². The maximum atomic E-state index is 13.2. The van der Waals surface area contributed by atoms with Crippen LogP contribution in [0.4, 0.5) is 4.39 Å². The summed E-state index contributed by atoms with van der Waals surface area (Å²) < 4.78 is 29.3. The Kier molecular flexibility index (Phi) is 5.87. The normalized spacial score (nSPS) is 16.4. The summed E-state index contributed by atoms with van der Waals surface area (Å²) in [6, 6.07) is 15.1. The van der Waals surface area contributed by atoms with Gasteiger partial charge in [0, 0.05) is 24.2 Å². The summed E-state index contributed by atoms with van der Waals surface area (Å²) in [5.41, 5.74) is 2.63. The van der Waals surface area contributed by atoms with Gasteiger partial charge in [-0.25, -0.2) is 14.2 Å². The standard InChI is InChI=1S/C27H24FNO5/c1-32-26(31)22-13-25(34-21-10-11-21)29-14-23(22)18-4-6-19(7-5-18)27(15-33-16-27)24(30)12-17-2-8-20(28)9-3-17/h2-9,13-14,21H,10-12,15-16H2,1H3. The van der Waals surface area contributed by atoms with Gasteiger partial charge >= 0.3 is 5.97 Å². The Balaban J connectivity index is 1.40. The van der Waals surface area contributed by atoms with Crippen LogP contribution in [-0.2, 0) is 26.1 Å². The predicted molar refractivity (Wildman–Crippen MR) is 122 cm³/mol. The number of ether oxygens (including phenoxy) is 3. The summed E-state index contributed by atoms with van der Waals surface area (Å²) in [5, 5.41) is 0. The molecule has 2 aromatic carbocycles. The van der Waals surface area contributed by atoms with Gasteiger partial charge in [-0.15, -0.1) is 0 Å². The van der Waals surface area contributed by atoms with E-state index in [-0.39, 0.29) is 24.1 Å². The predicted octanol–water partition coefficient (Wildman–Crippen LogP) is 4.30. The molecule has 2 fully saturated rings. The molecule has 7 heteroatoms. The second kappa shape index (κ2) is 8.99. The lowest BCUT2D eigenvalue weighted by atomic mass is 9.73. The first-order valence-electron chi connectivity index (χ1n) is 11.2. The fourth-order valence-electron chi connectivity index (χ4n) is 4.09. The molecule has 1 saturated heterocycles. The summed E-state index contributed by atoms with van der Waals surface area (Å²) in [5.74, 6) is -0.376. The number of ketones is 1. The molecule has 2 aliphatic rings. The first-order chi connectivity index (χ1) is 16.5. The van der Waals surface area contributed by atoms with Crippen molar-refractivity contribution in [2.45, 2.75) is 30.8 Å². The number of hydrogen-bond acceptors (Lipinski definition) is 6. The fraction of sp³-hybridized carbons (Fsp3) is 0.296. The molecule has 6 nitrogen and oxygen atoms in total. The lowest BCUT2D eigenvalue weighted by Crippen LogP contribution is -2.53. The molecule has 34 heavy (non-hydrogen) atoms. The molecule has 3 aromatic rings. The number of nitrogens with zero attached hydrogens (tertiary/aromatic N) is 1. The third kappa shape index (κ3) is 4.31. The monoisotopic (exact) mass is 461 g/mol. The minimum Gasteiger partial charge on any atom is -0.474 e. The number of carbonyl (C=O) groups excluding carboxylic acids is 2. The third-order valence-electron chi connectivity index (χ3n) is 6.35. The average Bonchev–Trinajstić information content (AvgIpc) is 3.64. The minimum atomic E-state index is -0.738. The minimum absolute atomic E-state index is 0.0246. The second-order valence-corrected chi connectivity index (χ2v) is 8.76. The van der Waals surface area contributed by atoms with Gasteiger partial charge < -0.3 is 14.2 Å². The van der Waals surface area contributed by atoms with Gasteiger partial charge in [-0.1, -0.05) is 36.4 Å². The third-order valence-corrected chi connectivity index (χ3v) is 6.35. The number of carbonyl (C=O) groups is 2. The van der Waals surface area contributed by atoms with Crippen LogP contribution < -0.4 is 4.74 Å². The molecule has 5 rings (SSSR count). The van der Waals surface area contributed by atoms with Crippen molar-refractivity contribution < 1.29 is 28.2 Å². The second-order valence-electron chi connectivity index (χ2n) is 8.76. The van der Waals surface area contributed by atoms with E-state index in [0.29, 0.717) is 30.2 Å². The molecule has 1 saturated carbocycles. The highest BCUT2D eigenvalue weighted by Crippen LogP contribution is 2.36. The summed E-state index contributed by atoms with van der Waals surface area (Å²) in [6.45, 7) is 0.600. The zero-order valence-electron chi connectivity index (χ0n) is 18.8. The number of methoxy groups -OCH3 is 1. The molecule has 1 aliphatic carbocycles. The maximum Gasteiger partial charge on any atom is 0.338 e. The molecule has 0 spiro atoms. The van der Waals surface area contributed by atoms with E-state index in [1.165, 1.54) is 19.2 Å². The summed E-state index contributed by atoms with van der Waals surface area (Å²) in [4.78, 5) is 30.0. The molecule has 1 aromatic heterocycles. The van der Waals surface area contributed by atoms with Gasteiger partial charge in [-0.3, -0.25) is 4.79 Å². The van der Waals surface area contributed by atoms with Gasteiger partial charge in [-0.05, 0) is 41.7 Å². The number of benzene rings is 2. The lowest BCUT2D eigenvalue weighted by molar-refractivity contribution is -0.142. The Labute approximate surface area is 196 Å². The van der Waals surface area contributed by atoms with Crippen molar-refractivity contribution in [1.29, 1.82) is 0 Å². The Morgan fingerprint density at radius 2 is 1.79 bits per heavy atom. The van der Waals surface area contributed by atoms with Crippen LogP contribution in [0.25, 0.3) is 11.1 Å². The van der Waals surface area contributed by atoms with Crippen LogP contribution in [0.2, 0.25) is 0 Å². The fourth-order valence-corrected chi connectivity index (χ4v) is 4.09. The SMILES string of the molecule is COC(=O)c1cc(OC2CC2)ncc1-c1ccc(C2(C(=O)Cc3ccc(F)cc3)COC2)cc1. The van der Waals surface area contributed by atoms with E-state index in [4.69, 9.17) is 14.2 Å². The van der Waals surface area contributed by atoms with Gasteiger partial charge in [0.1, 0.15) is 17.3 Å². The number of esters is 1. The van der Waals surface area contributed by atoms with E-state index in [9.17, 15) is 14.0 Å². The number of hydrogen-bond donors (Lipinski definition) is 0. The van der Waals surface area contributed by atoms with E-state index >= 15 is 0 Å². The zero-order chi connectivity index (χ0) is 23.7. The Hall–Kier alpha value is -3.58. The molecule has 0 bridgehead atoms. The van der Waals surface area contributed by atoms with Crippen LogP contribution in [0, 0.1) is 5.82 Å². The first kappa shape index (κ1) is 22.2. The largest absolute Gasteiger partial charge is 0.474 e. The quantitative estimate of drug-likeness (QED) is 0.466. The van der Waals surface area contributed by atoms with E-state index in [1.54, 1.807) is 24.4 Å². The topological polar surface area (TPSA) is 74.7 Å². The average molecular weight is 461 g/mol. The van der Waals surface area contributed by atoms with Crippen molar-refractivity contribution in [3.05, 3.63) is 83.3 Å². The van der Waals surface area contributed by atoms with Crippen molar-refractivity contribution in [2.75, 3.05) is 20.3 Å². The van der Waals surface area contributed by atoms with E-state index in [0.717, 1.165) is 29.5 Å². The van der Waals surface area contributed by atoms with Crippen molar-refractivity contribution in [3.63, 3.8) is 0 Å². The molecule has 1 aliphatic heterocycles.